The van der Waals surface area contributed by atoms with Crippen molar-refractivity contribution < 1.29 is 13.9 Å². The Morgan fingerprint density at radius 1 is 1.25 bits per heavy atom. The van der Waals surface area contributed by atoms with Gasteiger partial charge in [-0.05, 0) is 58.0 Å². The average molecular weight is 442 g/mol. The summed E-state index contributed by atoms with van der Waals surface area (Å²) in [6.45, 7) is 4.93. The van der Waals surface area contributed by atoms with Crippen LogP contribution >= 0.6 is 0 Å². The quantitative estimate of drug-likeness (QED) is 0.742. The van der Waals surface area contributed by atoms with Crippen molar-refractivity contribution in [3.8, 4) is 5.75 Å². The molecule has 1 fully saturated rings. The highest BCUT2D eigenvalue weighted by molar-refractivity contribution is 5.81. The zero-order valence-corrected chi connectivity index (χ0v) is 19.1. The number of amides is 1. The molecule has 0 radical (unpaired) electrons. The number of aromatic nitrogens is 2. The summed E-state index contributed by atoms with van der Waals surface area (Å²) in [5, 5.41) is 3.23. The fraction of sp³-hybridized carbons (Fsp3) is 0.542. The summed E-state index contributed by atoms with van der Waals surface area (Å²) in [5.74, 6) is 1.58. The minimum absolute atomic E-state index is 0.106. The number of carbonyl (C=O) groups is 1. The number of hydrogen-bond acceptors (Lipinski definition) is 6. The van der Waals surface area contributed by atoms with Gasteiger partial charge in [0.15, 0.2) is 17.7 Å². The highest BCUT2D eigenvalue weighted by Gasteiger charge is 2.31. The number of nitrogens with zero attached hydrogens (tertiary/aromatic N) is 4. The van der Waals surface area contributed by atoms with Crippen LogP contribution in [0.25, 0.3) is 0 Å². The molecule has 3 heterocycles. The van der Waals surface area contributed by atoms with Crippen LogP contribution in [0.5, 0.6) is 5.75 Å². The van der Waals surface area contributed by atoms with E-state index in [1.165, 1.54) is 6.07 Å². The molecule has 1 atom stereocenters. The third kappa shape index (κ3) is 4.70. The van der Waals surface area contributed by atoms with Crippen LogP contribution in [-0.4, -0.2) is 65.5 Å². The molecular weight excluding hydrogens is 409 g/mol. The number of piperidine rings is 1. The minimum atomic E-state index is -0.729. The minimum Gasteiger partial charge on any atom is -0.478 e. The van der Waals surface area contributed by atoms with Crippen molar-refractivity contribution in [2.75, 3.05) is 39.0 Å². The van der Waals surface area contributed by atoms with Crippen LogP contribution in [0.2, 0.25) is 0 Å². The van der Waals surface area contributed by atoms with Gasteiger partial charge in [-0.15, -0.1) is 0 Å². The Hall–Kier alpha value is -2.74. The summed E-state index contributed by atoms with van der Waals surface area (Å²) in [7, 11) is 4.02. The standard InChI is InChI=1S/C24H32FN5O2/c1-4-20(32-21-8-6-5-7-18(21)25)24(31)30-14-11-17-19(15-30)27-22(28-23(17)26-2)16-9-12-29(3)13-10-16/h5-8,16,20H,4,9-15H2,1-3H3,(H,26,27,28). The number of halogens is 1. The Labute approximate surface area is 189 Å². The van der Waals surface area contributed by atoms with E-state index >= 15 is 0 Å². The van der Waals surface area contributed by atoms with Crippen molar-refractivity contribution in [3.63, 3.8) is 0 Å². The molecule has 1 aromatic carbocycles. The molecule has 8 heteroatoms. The Morgan fingerprint density at radius 2 is 2.00 bits per heavy atom. The van der Waals surface area contributed by atoms with Gasteiger partial charge in [0.25, 0.3) is 5.91 Å². The molecule has 2 aromatic rings. The van der Waals surface area contributed by atoms with E-state index in [-0.39, 0.29) is 11.7 Å². The van der Waals surface area contributed by atoms with E-state index in [2.05, 4.69) is 17.3 Å². The lowest BCUT2D eigenvalue weighted by molar-refractivity contribution is -0.140. The second-order valence-corrected chi connectivity index (χ2v) is 8.64. The predicted molar refractivity (Wildman–Crippen MR) is 121 cm³/mol. The molecule has 0 bridgehead atoms. The molecule has 0 aliphatic carbocycles. The molecule has 1 aromatic heterocycles. The third-order valence-electron chi connectivity index (χ3n) is 6.47. The number of para-hydroxylation sites is 1. The molecule has 1 saturated heterocycles. The Balaban J connectivity index is 1.53. The van der Waals surface area contributed by atoms with Gasteiger partial charge in [-0.2, -0.15) is 0 Å². The first-order chi connectivity index (χ1) is 15.5. The second kappa shape index (κ2) is 9.81. The zero-order valence-electron chi connectivity index (χ0n) is 19.1. The van der Waals surface area contributed by atoms with Crippen molar-refractivity contribution in [1.82, 2.24) is 19.8 Å². The highest BCUT2D eigenvalue weighted by atomic mass is 19.1. The van der Waals surface area contributed by atoms with Crippen LogP contribution in [0.1, 0.15) is 49.2 Å². The summed E-state index contributed by atoms with van der Waals surface area (Å²) in [5.41, 5.74) is 1.98. The van der Waals surface area contributed by atoms with E-state index in [0.717, 1.165) is 48.8 Å². The predicted octanol–water partition coefficient (Wildman–Crippen LogP) is 3.21. The van der Waals surface area contributed by atoms with Crippen LogP contribution in [0.15, 0.2) is 24.3 Å². The first kappa shape index (κ1) is 22.5. The van der Waals surface area contributed by atoms with E-state index in [0.29, 0.717) is 31.8 Å². The van der Waals surface area contributed by atoms with Gasteiger partial charge in [0.1, 0.15) is 11.6 Å². The Bertz CT molecular complexity index is 961. The third-order valence-corrected chi connectivity index (χ3v) is 6.47. The van der Waals surface area contributed by atoms with Crippen LogP contribution in [0.4, 0.5) is 10.2 Å². The second-order valence-electron chi connectivity index (χ2n) is 8.64. The molecular formula is C24H32FN5O2. The lowest BCUT2D eigenvalue weighted by Gasteiger charge is -2.33. The topological polar surface area (TPSA) is 70.6 Å². The van der Waals surface area contributed by atoms with Crippen molar-refractivity contribution in [2.45, 2.75) is 51.2 Å². The van der Waals surface area contributed by atoms with Crippen molar-refractivity contribution in [1.29, 1.82) is 0 Å². The number of anilines is 1. The van der Waals surface area contributed by atoms with Crippen LogP contribution < -0.4 is 10.1 Å². The number of ether oxygens (including phenoxy) is 1. The van der Waals surface area contributed by atoms with Gasteiger partial charge < -0.3 is 19.9 Å². The first-order valence-electron chi connectivity index (χ1n) is 11.5. The van der Waals surface area contributed by atoms with E-state index in [9.17, 15) is 9.18 Å². The molecule has 7 nitrogen and oxygen atoms in total. The molecule has 32 heavy (non-hydrogen) atoms. The summed E-state index contributed by atoms with van der Waals surface area (Å²) in [6, 6.07) is 6.20. The number of nitrogens with one attached hydrogen (secondary N) is 1. The number of fused-ring (bicyclic) bond motifs is 1. The Kier molecular flexibility index (Phi) is 6.89. The maximum absolute atomic E-state index is 14.0. The van der Waals surface area contributed by atoms with E-state index in [4.69, 9.17) is 14.7 Å². The van der Waals surface area contributed by atoms with E-state index in [1.807, 2.05) is 14.0 Å². The summed E-state index contributed by atoms with van der Waals surface area (Å²) >= 11 is 0. The summed E-state index contributed by atoms with van der Waals surface area (Å²) < 4.78 is 19.8. The molecule has 2 aliphatic rings. The van der Waals surface area contributed by atoms with Gasteiger partial charge in [-0.25, -0.2) is 14.4 Å². The molecule has 1 N–H and O–H groups in total. The van der Waals surface area contributed by atoms with Crippen molar-refractivity contribution in [3.05, 3.63) is 47.2 Å². The molecule has 4 rings (SSSR count). The molecule has 172 valence electrons. The highest BCUT2D eigenvalue weighted by Crippen LogP contribution is 2.30. The molecule has 0 saturated carbocycles. The number of likely N-dealkylation sites (tertiary alicyclic amines) is 1. The fourth-order valence-corrected chi connectivity index (χ4v) is 4.50. The number of rotatable bonds is 6. The van der Waals surface area contributed by atoms with Crippen LogP contribution in [-0.2, 0) is 17.8 Å². The van der Waals surface area contributed by atoms with Crippen LogP contribution in [0, 0.1) is 5.82 Å². The van der Waals surface area contributed by atoms with E-state index < -0.39 is 11.9 Å². The summed E-state index contributed by atoms with van der Waals surface area (Å²) in [6.07, 6.45) is 2.49. The lowest BCUT2D eigenvalue weighted by Crippen LogP contribution is -2.44. The van der Waals surface area contributed by atoms with Crippen LogP contribution in [0.3, 0.4) is 0 Å². The molecule has 2 aliphatic heterocycles. The monoisotopic (exact) mass is 441 g/mol. The maximum atomic E-state index is 14.0. The van der Waals surface area contributed by atoms with E-state index in [1.54, 1.807) is 23.1 Å². The average Bonchev–Trinajstić information content (AvgIpc) is 2.82. The van der Waals surface area contributed by atoms with Gasteiger partial charge in [-0.3, -0.25) is 4.79 Å². The smallest absolute Gasteiger partial charge is 0.263 e. The fourth-order valence-electron chi connectivity index (χ4n) is 4.50. The molecule has 1 unspecified atom stereocenters. The Morgan fingerprint density at radius 3 is 2.69 bits per heavy atom. The van der Waals surface area contributed by atoms with Gasteiger partial charge in [-0.1, -0.05) is 19.1 Å². The zero-order chi connectivity index (χ0) is 22.7. The number of hydrogen-bond donors (Lipinski definition) is 1. The largest absolute Gasteiger partial charge is 0.478 e. The first-order valence-corrected chi connectivity index (χ1v) is 11.5. The normalized spacial score (nSPS) is 18.2. The molecule has 1 amide bonds. The maximum Gasteiger partial charge on any atom is 0.263 e. The van der Waals surface area contributed by atoms with Gasteiger partial charge in [0.2, 0.25) is 0 Å². The lowest BCUT2D eigenvalue weighted by atomic mass is 9.95. The van der Waals surface area contributed by atoms with Crippen molar-refractivity contribution >= 4 is 11.7 Å². The van der Waals surface area contributed by atoms with Gasteiger partial charge in [0, 0.05) is 25.1 Å². The summed E-state index contributed by atoms with van der Waals surface area (Å²) in [4.78, 5) is 27.1. The number of carbonyl (C=O) groups excluding carboxylic acids is 1. The number of benzene rings is 1. The van der Waals surface area contributed by atoms with Gasteiger partial charge in [0.05, 0.1) is 12.2 Å². The SMILES string of the molecule is CCC(Oc1ccccc1F)C(=O)N1CCc2c(nc(C3CCN(C)CC3)nc2NC)C1. The van der Waals surface area contributed by atoms with Crippen molar-refractivity contribution in [2.24, 2.45) is 0 Å². The molecule has 0 spiro atoms. The van der Waals surface area contributed by atoms with Gasteiger partial charge >= 0.3 is 0 Å².